The predicted molar refractivity (Wildman–Crippen MR) is 95.3 cm³/mol. The van der Waals surface area contributed by atoms with Gasteiger partial charge in [0, 0.05) is 12.6 Å². The fourth-order valence-electron chi connectivity index (χ4n) is 2.81. The Morgan fingerprint density at radius 2 is 2.09 bits per heavy atom. The molecule has 2 rings (SSSR count). The fourth-order valence-corrected chi connectivity index (χ4v) is 4.15. The van der Waals surface area contributed by atoms with Gasteiger partial charge >= 0.3 is 0 Å². The molecule has 1 unspecified atom stereocenters. The van der Waals surface area contributed by atoms with Gasteiger partial charge in [0.05, 0.1) is 12.0 Å². The highest BCUT2D eigenvalue weighted by molar-refractivity contribution is 7.89. The third-order valence-corrected chi connectivity index (χ3v) is 5.69. The number of hydrogen-bond acceptors (Lipinski definition) is 4. The lowest BCUT2D eigenvalue weighted by molar-refractivity contribution is 0.406. The smallest absolute Gasteiger partial charge is 0.240 e. The quantitative estimate of drug-likeness (QED) is 0.816. The van der Waals surface area contributed by atoms with E-state index in [1.54, 1.807) is 26.2 Å². The number of sulfonamides is 1. The zero-order valence-corrected chi connectivity index (χ0v) is 15.8. The van der Waals surface area contributed by atoms with E-state index in [0.29, 0.717) is 17.0 Å². The van der Waals surface area contributed by atoms with E-state index in [2.05, 4.69) is 10.0 Å². The Labute approximate surface area is 145 Å². The van der Waals surface area contributed by atoms with Crippen LogP contribution < -0.4 is 14.8 Å². The molecule has 0 amide bonds. The van der Waals surface area contributed by atoms with Crippen molar-refractivity contribution in [3.63, 3.8) is 0 Å². The van der Waals surface area contributed by atoms with Gasteiger partial charge in [0.1, 0.15) is 5.75 Å². The molecular formula is C16H27ClN2O3S. The molecule has 5 nitrogen and oxygen atoms in total. The molecule has 0 aliphatic carbocycles. The standard InChI is InChI=1S/C16H26N2O3S.ClH/c1-11(2)14-9-16(12(3)8-15(14)21-4)22(19,20)18-10-13-6-5-7-17-13;/h8-9,11,13,17-18H,5-7,10H2,1-4H3;1H. The van der Waals surface area contributed by atoms with Crippen molar-refractivity contribution in [2.24, 2.45) is 0 Å². The number of aryl methyl sites for hydroxylation is 1. The van der Waals surface area contributed by atoms with Gasteiger partial charge in [-0.05, 0) is 55.5 Å². The van der Waals surface area contributed by atoms with Crippen LogP contribution in [0.25, 0.3) is 0 Å². The van der Waals surface area contributed by atoms with Crippen molar-refractivity contribution in [3.05, 3.63) is 23.3 Å². The SMILES string of the molecule is COc1cc(C)c(S(=O)(=O)NCC2CCCN2)cc1C(C)C.Cl. The molecule has 1 saturated heterocycles. The largest absolute Gasteiger partial charge is 0.496 e. The molecule has 1 aliphatic heterocycles. The molecule has 0 radical (unpaired) electrons. The first-order valence-corrected chi connectivity index (χ1v) is 9.25. The summed E-state index contributed by atoms with van der Waals surface area (Å²) >= 11 is 0. The summed E-state index contributed by atoms with van der Waals surface area (Å²) in [6.07, 6.45) is 2.12. The molecule has 0 aromatic heterocycles. The molecule has 1 atom stereocenters. The van der Waals surface area contributed by atoms with Gasteiger partial charge in [0.25, 0.3) is 0 Å². The van der Waals surface area contributed by atoms with Gasteiger partial charge < -0.3 is 10.1 Å². The lowest BCUT2D eigenvalue weighted by Crippen LogP contribution is -2.37. The Morgan fingerprint density at radius 1 is 1.39 bits per heavy atom. The van der Waals surface area contributed by atoms with Crippen LogP contribution >= 0.6 is 12.4 Å². The molecule has 1 heterocycles. The van der Waals surface area contributed by atoms with E-state index in [4.69, 9.17) is 4.74 Å². The van der Waals surface area contributed by atoms with Gasteiger partial charge in [0.2, 0.25) is 10.0 Å². The van der Waals surface area contributed by atoms with E-state index in [1.165, 1.54) is 0 Å². The third kappa shape index (κ3) is 4.83. The van der Waals surface area contributed by atoms with Gasteiger partial charge in [-0.15, -0.1) is 12.4 Å². The monoisotopic (exact) mass is 362 g/mol. The number of nitrogens with one attached hydrogen (secondary N) is 2. The molecule has 1 aliphatic rings. The van der Waals surface area contributed by atoms with E-state index in [1.807, 2.05) is 13.8 Å². The van der Waals surface area contributed by atoms with Crippen molar-refractivity contribution >= 4 is 22.4 Å². The van der Waals surface area contributed by atoms with Crippen LogP contribution in [-0.4, -0.2) is 34.7 Å². The maximum absolute atomic E-state index is 12.6. The van der Waals surface area contributed by atoms with E-state index in [0.717, 1.165) is 30.7 Å². The fraction of sp³-hybridized carbons (Fsp3) is 0.625. The molecule has 1 fully saturated rings. The summed E-state index contributed by atoms with van der Waals surface area (Å²) in [7, 11) is -1.90. The topological polar surface area (TPSA) is 67.4 Å². The molecule has 1 aromatic carbocycles. The second kappa shape index (κ2) is 8.33. The predicted octanol–water partition coefficient (Wildman–Crippen LogP) is 2.58. The summed E-state index contributed by atoms with van der Waals surface area (Å²) in [5.74, 6) is 0.935. The zero-order chi connectivity index (χ0) is 16.3. The van der Waals surface area contributed by atoms with Crippen LogP contribution in [0.4, 0.5) is 0 Å². The Balaban J connectivity index is 0.00000264. The van der Waals surface area contributed by atoms with E-state index >= 15 is 0 Å². The molecule has 132 valence electrons. The number of halogens is 1. The third-order valence-electron chi connectivity index (χ3n) is 4.12. The van der Waals surface area contributed by atoms with Crippen molar-refractivity contribution in [3.8, 4) is 5.75 Å². The second-order valence-electron chi connectivity index (χ2n) is 6.16. The van der Waals surface area contributed by atoms with Crippen LogP contribution in [0.3, 0.4) is 0 Å². The highest BCUT2D eigenvalue weighted by Gasteiger charge is 2.23. The van der Waals surface area contributed by atoms with Crippen LogP contribution in [0, 0.1) is 6.92 Å². The van der Waals surface area contributed by atoms with Crippen molar-refractivity contribution < 1.29 is 13.2 Å². The van der Waals surface area contributed by atoms with Crippen LogP contribution in [0.1, 0.15) is 43.7 Å². The molecule has 0 saturated carbocycles. The van der Waals surface area contributed by atoms with E-state index in [9.17, 15) is 8.42 Å². The average Bonchev–Trinajstić information content (AvgIpc) is 2.97. The Kier molecular flexibility index (Phi) is 7.32. The Hall–Kier alpha value is -0.820. The maximum atomic E-state index is 12.6. The number of methoxy groups -OCH3 is 1. The average molecular weight is 363 g/mol. The Bertz CT molecular complexity index is 626. The molecule has 0 spiro atoms. The zero-order valence-electron chi connectivity index (χ0n) is 14.2. The van der Waals surface area contributed by atoms with Gasteiger partial charge in [-0.2, -0.15) is 0 Å². The summed E-state index contributed by atoms with van der Waals surface area (Å²) in [4.78, 5) is 0.343. The number of rotatable bonds is 6. The second-order valence-corrected chi connectivity index (χ2v) is 7.89. The van der Waals surface area contributed by atoms with E-state index < -0.39 is 10.0 Å². The van der Waals surface area contributed by atoms with Crippen LogP contribution in [0.15, 0.2) is 17.0 Å². The molecule has 1 aromatic rings. The highest BCUT2D eigenvalue weighted by atomic mass is 35.5. The minimum atomic E-state index is -3.50. The number of hydrogen-bond donors (Lipinski definition) is 2. The van der Waals surface area contributed by atoms with Crippen molar-refractivity contribution in [2.45, 2.75) is 50.5 Å². The van der Waals surface area contributed by atoms with Crippen molar-refractivity contribution in [1.82, 2.24) is 10.0 Å². The van der Waals surface area contributed by atoms with Gasteiger partial charge in [-0.25, -0.2) is 13.1 Å². The van der Waals surface area contributed by atoms with Crippen molar-refractivity contribution in [2.75, 3.05) is 20.2 Å². The lowest BCUT2D eigenvalue weighted by atomic mass is 10.0. The maximum Gasteiger partial charge on any atom is 0.240 e. The van der Waals surface area contributed by atoms with Gasteiger partial charge in [-0.3, -0.25) is 0 Å². The molecule has 7 heteroatoms. The summed E-state index contributed by atoms with van der Waals surface area (Å²) < 4.78 is 33.3. The number of benzene rings is 1. The summed E-state index contributed by atoms with van der Waals surface area (Å²) in [6, 6.07) is 3.78. The molecule has 0 bridgehead atoms. The Morgan fingerprint density at radius 3 is 2.61 bits per heavy atom. The van der Waals surface area contributed by atoms with Crippen LogP contribution in [-0.2, 0) is 10.0 Å². The first-order chi connectivity index (χ1) is 10.3. The van der Waals surface area contributed by atoms with Crippen molar-refractivity contribution in [1.29, 1.82) is 0 Å². The lowest BCUT2D eigenvalue weighted by Gasteiger charge is -2.17. The van der Waals surface area contributed by atoms with Crippen LogP contribution in [0.2, 0.25) is 0 Å². The summed E-state index contributed by atoms with van der Waals surface area (Å²) in [5.41, 5.74) is 1.61. The van der Waals surface area contributed by atoms with Crippen LogP contribution in [0.5, 0.6) is 5.75 Å². The van der Waals surface area contributed by atoms with E-state index in [-0.39, 0.29) is 24.4 Å². The minimum Gasteiger partial charge on any atom is -0.496 e. The van der Waals surface area contributed by atoms with Gasteiger partial charge in [0.15, 0.2) is 0 Å². The normalized spacial score (nSPS) is 18.0. The summed E-state index contributed by atoms with van der Waals surface area (Å²) in [6.45, 7) is 7.25. The van der Waals surface area contributed by atoms with Gasteiger partial charge in [-0.1, -0.05) is 13.8 Å². The molecular weight excluding hydrogens is 336 g/mol. The first-order valence-electron chi connectivity index (χ1n) is 7.76. The minimum absolute atomic E-state index is 0. The first kappa shape index (κ1) is 20.2. The summed E-state index contributed by atoms with van der Waals surface area (Å²) in [5, 5.41) is 3.30. The molecule has 23 heavy (non-hydrogen) atoms. The molecule has 2 N–H and O–H groups in total. The highest BCUT2D eigenvalue weighted by Crippen LogP contribution is 2.31. The number of ether oxygens (including phenoxy) is 1.